The Labute approximate surface area is 102 Å². The van der Waals surface area contributed by atoms with Crippen molar-refractivity contribution in [3.8, 4) is 0 Å². The highest BCUT2D eigenvalue weighted by Crippen LogP contribution is 2.17. The van der Waals surface area contributed by atoms with E-state index >= 15 is 0 Å². The van der Waals surface area contributed by atoms with Crippen molar-refractivity contribution in [1.82, 2.24) is 9.97 Å². The predicted octanol–water partition coefficient (Wildman–Crippen LogP) is 1.76. The molecule has 0 spiro atoms. The van der Waals surface area contributed by atoms with Crippen LogP contribution in [0.5, 0.6) is 0 Å². The second-order valence-corrected chi connectivity index (χ2v) is 4.12. The van der Waals surface area contributed by atoms with Gasteiger partial charge in [0.1, 0.15) is 11.0 Å². The molecule has 16 heavy (non-hydrogen) atoms. The van der Waals surface area contributed by atoms with Gasteiger partial charge in [0, 0.05) is 12.7 Å². The van der Waals surface area contributed by atoms with Crippen LogP contribution in [-0.4, -0.2) is 29.1 Å². The molecule has 5 nitrogen and oxygen atoms in total. The summed E-state index contributed by atoms with van der Waals surface area (Å²) in [6, 6.07) is 1.45. The number of hydrogen-bond donors (Lipinski definition) is 1. The van der Waals surface area contributed by atoms with E-state index in [0.717, 1.165) is 6.42 Å². The minimum absolute atomic E-state index is 0.00507. The molecule has 1 aliphatic heterocycles. The van der Waals surface area contributed by atoms with Crippen molar-refractivity contribution >= 4 is 34.9 Å². The molecule has 0 bridgehead atoms. The van der Waals surface area contributed by atoms with Crippen molar-refractivity contribution in [2.45, 2.75) is 6.42 Å². The Balaban J connectivity index is 2.05. The van der Waals surface area contributed by atoms with Crippen molar-refractivity contribution in [2.24, 2.45) is 5.92 Å². The summed E-state index contributed by atoms with van der Waals surface area (Å²) < 4.78 is 5.12. The van der Waals surface area contributed by atoms with Crippen LogP contribution in [0.2, 0.25) is 10.4 Å². The van der Waals surface area contributed by atoms with Crippen molar-refractivity contribution in [3.05, 3.63) is 16.5 Å². The molecule has 0 aromatic carbocycles. The number of ether oxygens (including phenoxy) is 1. The lowest BCUT2D eigenvalue weighted by atomic mass is 10.1. The molecule has 1 fully saturated rings. The Kier molecular flexibility index (Phi) is 3.58. The van der Waals surface area contributed by atoms with E-state index in [2.05, 4.69) is 15.3 Å². The van der Waals surface area contributed by atoms with Crippen LogP contribution in [0.4, 0.5) is 5.82 Å². The summed E-state index contributed by atoms with van der Waals surface area (Å²) in [4.78, 5) is 19.2. The number of carbonyl (C=O) groups is 1. The molecule has 1 aromatic heterocycles. The Bertz CT molecular complexity index is 387. The highest BCUT2D eigenvalue weighted by molar-refractivity contribution is 6.32. The molecule has 1 saturated heterocycles. The van der Waals surface area contributed by atoms with Crippen LogP contribution < -0.4 is 5.32 Å². The third kappa shape index (κ3) is 2.81. The fourth-order valence-corrected chi connectivity index (χ4v) is 1.83. The van der Waals surface area contributed by atoms with Gasteiger partial charge in [-0.2, -0.15) is 0 Å². The molecule has 2 rings (SSSR count). The average molecular weight is 262 g/mol. The van der Waals surface area contributed by atoms with Gasteiger partial charge in [-0.05, 0) is 18.0 Å². The number of rotatable bonds is 2. The van der Waals surface area contributed by atoms with Gasteiger partial charge in [-0.25, -0.2) is 9.97 Å². The normalized spacial score (nSPS) is 19.8. The second-order valence-electron chi connectivity index (χ2n) is 3.39. The standard InChI is InChI=1S/C9H9Cl2N3O2/c10-6-3-7(14-9(11)12-6)13-8(15)5-1-2-16-4-5/h3,5H,1-2,4H2,(H,12,13,14,15). The van der Waals surface area contributed by atoms with Crippen molar-refractivity contribution in [1.29, 1.82) is 0 Å². The van der Waals surface area contributed by atoms with Gasteiger partial charge in [0.05, 0.1) is 12.5 Å². The number of carbonyl (C=O) groups excluding carboxylic acids is 1. The average Bonchev–Trinajstić information content (AvgIpc) is 2.68. The zero-order valence-electron chi connectivity index (χ0n) is 8.24. The fourth-order valence-electron chi connectivity index (χ4n) is 1.42. The lowest BCUT2D eigenvalue weighted by Gasteiger charge is -2.08. The Hall–Kier alpha value is -0.910. The fraction of sp³-hybridized carbons (Fsp3) is 0.444. The van der Waals surface area contributed by atoms with Gasteiger partial charge in [-0.1, -0.05) is 11.6 Å². The lowest BCUT2D eigenvalue weighted by Crippen LogP contribution is -2.23. The summed E-state index contributed by atoms with van der Waals surface area (Å²) in [6.45, 7) is 1.06. The topological polar surface area (TPSA) is 64.1 Å². The van der Waals surface area contributed by atoms with Crippen molar-refractivity contribution in [3.63, 3.8) is 0 Å². The molecule has 1 atom stereocenters. The molecule has 1 amide bonds. The Morgan fingerprint density at radius 2 is 2.31 bits per heavy atom. The number of halogens is 2. The van der Waals surface area contributed by atoms with E-state index in [0.29, 0.717) is 19.0 Å². The first-order chi connectivity index (χ1) is 7.65. The third-order valence-corrected chi connectivity index (χ3v) is 2.58. The van der Waals surface area contributed by atoms with Crippen LogP contribution in [-0.2, 0) is 9.53 Å². The molecule has 1 unspecified atom stereocenters. The Morgan fingerprint density at radius 1 is 1.50 bits per heavy atom. The van der Waals surface area contributed by atoms with Gasteiger partial charge in [0.15, 0.2) is 0 Å². The van der Waals surface area contributed by atoms with Gasteiger partial charge in [-0.15, -0.1) is 0 Å². The monoisotopic (exact) mass is 261 g/mol. The lowest BCUT2D eigenvalue weighted by molar-refractivity contribution is -0.119. The van der Waals surface area contributed by atoms with E-state index in [1.807, 2.05) is 0 Å². The minimum atomic E-state index is -0.136. The van der Waals surface area contributed by atoms with Gasteiger partial charge >= 0.3 is 0 Å². The molecule has 0 saturated carbocycles. The molecular formula is C9H9Cl2N3O2. The summed E-state index contributed by atoms with van der Waals surface area (Å²) in [5, 5.41) is 2.82. The van der Waals surface area contributed by atoms with Crippen LogP contribution in [0, 0.1) is 5.92 Å². The summed E-state index contributed by atoms with van der Waals surface area (Å²) in [5.74, 6) is 0.0396. The summed E-state index contributed by atoms with van der Waals surface area (Å²) >= 11 is 11.3. The van der Waals surface area contributed by atoms with E-state index in [1.165, 1.54) is 6.07 Å². The first-order valence-electron chi connectivity index (χ1n) is 4.74. The maximum Gasteiger partial charge on any atom is 0.231 e. The SMILES string of the molecule is O=C(Nc1cc(Cl)nc(Cl)n1)C1CCOC1. The largest absolute Gasteiger partial charge is 0.381 e. The first-order valence-corrected chi connectivity index (χ1v) is 5.49. The number of nitrogens with zero attached hydrogens (tertiary/aromatic N) is 2. The molecule has 2 heterocycles. The zero-order chi connectivity index (χ0) is 11.5. The van der Waals surface area contributed by atoms with Crippen LogP contribution in [0.3, 0.4) is 0 Å². The highest BCUT2D eigenvalue weighted by Gasteiger charge is 2.23. The third-order valence-electron chi connectivity index (χ3n) is 2.22. The highest BCUT2D eigenvalue weighted by atomic mass is 35.5. The molecule has 1 N–H and O–H groups in total. The summed E-state index contributed by atoms with van der Waals surface area (Å²) in [6.07, 6.45) is 0.721. The summed E-state index contributed by atoms with van der Waals surface area (Å²) in [5.41, 5.74) is 0. The molecule has 1 aliphatic rings. The predicted molar refractivity (Wildman–Crippen MR) is 59.6 cm³/mol. The van der Waals surface area contributed by atoms with Crippen LogP contribution >= 0.6 is 23.2 Å². The number of nitrogens with one attached hydrogen (secondary N) is 1. The molecule has 1 aromatic rings. The van der Waals surface area contributed by atoms with Crippen LogP contribution in [0.1, 0.15) is 6.42 Å². The smallest absolute Gasteiger partial charge is 0.231 e. The molecule has 0 aliphatic carbocycles. The molecule has 86 valence electrons. The van der Waals surface area contributed by atoms with E-state index < -0.39 is 0 Å². The van der Waals surface area contributed by atoms with Gasteiger partial charge in [-0.3, -0.25) is 4.79 Å². The van der Waals surface area contributed by atoms with Gasteiger partial charge in [0.2, 0.25) is 11.2 Å². The first kappa shape index (κ1) is 11.6. The van der Waals surface area contributed by atoms with Crippen molar-refractivity contribution < 1.29 is 9.53 Å². The number of aromatic nitrogens is 2. The van der Waals surface area contributed by atoms with Crippen LogP contribution in [0.15, 0.2) is 6.07 Å². The van der Waals surface area contributed by atoms with Crippen molar-refractivity contribution in [2.75, 3.05) is 18.5 Å². The molecule has 7 heteroatoms. The maximum absolute atomic E-state index is 11.7. The quantitative estimate of drug-likeness (QED) is 0.651. The van der Waals surface area contributed by atoms with E-state index in [1.54, 1.807) is 0 Å². The molecular weight excluding hydrogens is 253 g/mol. The van der Waals surface area contributed by atoms with E-state index in [9.17, 15) is 4.79 Å². The van der Waals surface area contributed by atoms with Crippen LogP contribution in [0.25, 0.3) is 0 Å². The molecule has 0 radical (unpaired) electrons. The maximum atomic E-state index is 11.7. The number of anilines is 1. The van der Waals surface area contributed by atoms with E-state index in [-0.39, 0.29) is 22.3 Å². The van der Waals surface area contributed by atoms with Gasteiger partial charge in [0.25, 0.3) is 0 Å². The number of hydrogen-bond acceptors (Lipinski definition) is 4. The minimum Gasteiger partial charge on any atom is -0.381 e. The number of amides is 1. The van der Waals surface area contributed by atoms with Gasteiger partial charge < -0.3 is 10.1 Å². The van der Waals surface area contributed by atoms with E-state index in [4.69, 9.17) is 27.9 Å². The second kappa shape index (κ2) is 4.95. The summed E-state index contributed by atoms with van der Waals surface area (Å²) in [7, 11) is 0. The zero-order valence-corrected chi connectivity index (χ0v) is 9.75. The Morgan fingerprint density at radius 3 is 2.94 bits per heavy atom.